The molecule has 0 saturated carbocycles. The number of ketones is 1. The molecule has 37 heavy (non-hydrogen) atoms. The van der Waals surface area contributed by atoms with Gasteiger partial charge in [0.25, 0.3) is 5.78 Å². The van der Waals surface area contributed by atoms with Crippen LogP contribution in [0.3, 0.4) is 0 Å². The van der Waals surface area contributed by atoms with E-state index in [0.717, 1.165) is 5.56 Å². The molecule has 2 heterocycles. The van der Waals surface area contributed by atoms with Gasteiger partial charge in [-0.2, -0.15) is 0 Å². The highest BCUT2D eigenvalue weighted by molar-refractivity contribution is 6.51. The zero-order valence-corrected chi connectivity index (χ0v) is 20.9. The highest BCUT2D eigenvalue weighted by atomic mass is 19.1. The quantitative estimate of drug-likeness (QED) is 0.215. The Bertz CT molecular complexity index is 1530. The Kier molecular flexibility index (Phi) is 5.82. The number of nitrogens with one attached hydrogen (secondary N) is 1. The van der Waals surface area contributed by atoms with Crippen molar-refractivity contribution in [3.05, 3.63) is 94.8 Å². The summed E-state index contributed by atoms with van der Waals surface area (Å²) in [4.78, 5) is 35.7. The predicted molar refractivity (Wildman–Crippen MR) is 139 cm³/mol. The van der Waals surface area contributed by atoms with Gasteiger partial charge in [-0.15, -0.1) is 0 Å². The minimum atomic E-state index is -1.05. The van der Waals surface area contributed by atoms with Crippen LogP contribution in [0, 0.1) is 5.82 Å². The maximum absolute atomic E-state index is 13.8. The summed E-state index contributed by atoms with van der Waals surface area (Å²) in [5.41, 5.74) is 2.52. The molecular formula is C29H26FN3O4. The number of aliphatic hydroxyl groups excluding tert-OH is 1. The monoisotopic (exact) mass is 499 g/mol. The molecule has 5 rings (SSSR count). The van der Waals surface area contributed by atoms with Crippen molar-refractivity contribution >= 4 is 34.4 Å². The fraction of sp³-hybridized carbons (Fsp3) is 0.207. The third-order valence-corrected chi connectivity index (χ3v) is 6.56. The number of imidazole rings is 1. The molecule has 0 aliphatic carbocycles. The summed E-state index contributed by atoms with van der Waals surface area (Å²) in [6.07, 6.45) is 0. The Balaban J connectivity index is 1.76. The van der Waals surface area contributed by atoms with Crippen molar-refractivity contribution < 1.29 is 23.8 Å². The Labute approximate surface area is 213 Å². The smallest absolute Gasteiger partial charge is 0.302 e. The largest absolute Gasteiger partial charge is 0.507 e. The summed E-state index contributed by atoms with van der Waals surface area (Å²) < 4.78 is 19.3. The summed E-state index contributed by atoms with van der Waals surface area (Å²) in [7, 11) is 1.47. The van der Waals surface area contributed by atoms with Gasteiger partial charge in [0.15, 0.2) is 0 Å². The van der Waals surface area contributed by atoms with Gasteiger partial charge in [-0.05, 0) is 52.9 Å². The fourth-order valence-electron chi connectivity index (χ4n) is 4.57. The van der Waals surface area contributed by atoms with Crippen molar-refractivity contribution in [1.82, 2.24) is 9.97 Å². The van der Waals surface area contributed by atoms with Crippen molar-refractivity contribution in [2.24, 2.45) is 0 Å². The van der Waals surface area contributed by atoms with E-state index in [1.54, 1.807) is 24.3 Å². The van der Waals surface area contributed by atoms with Gasteiger partial charge < -0.3 is 14.8 Å². The predicted octanol–water partition coefficient (Wildman–Crippen LogP) is 5.63. The number of ether oxygens (including phenoxy) is 1. The lowest BCUT2D eigenvalue weighted by Gasteiger charge is -2.24. The molecule has 1 unspecified atom stereocenters. The average molecular weight is 500 g/mol. The van der Waals surface area contributed by atoms with E-state index in [1.807, 2.05) is 39.0 Å². The van der Waals surface area contributed by atoms with Crippen molar-refractivity contribution in [3.63, 3.8) is 0 Å². The summed E-state index contributed by atoms with van der Waals surface area (Å²) >= 11 is 0. The first-order valence-corrected chi connectivity index (χ1v) is 11.8. The Morgan fingerprint density at radius 2 is 1.76 bits per heavy atom. The summed E-state index contributed by atoms with van der Waals surface area (Å²) in [5, 5.41) is 11.6. The Morgan fingerprint density at radius 3 is 2.41 bits per heavy atom. The number of carbonyl (C=O) groups excluding carboxylic acids is 2. The standard InChI is InChI=1S/C29H26FN3O4/c1-29(2,3)17-11-14-22(37-4)19(15-17)25(34)23-24(16-9-12-18(30)13-10-16)33(27(36)26(23)35)28-31-20-7-5-6-8-21(20)32-28/h5-15,24,34H,1-4H3,(H,31,32)/b25-23+. The van der Waals surface area contributed by atoms with E-state index >= 15 is 0 Å². The maximum Gasteiger partial charge on any atom is 0.302 e. The van der Waals surface area contributed by atoms with E-state index in [-0.39, 0.29) is 28.3 Å². The number of H-pyrrole nitrogens is 1. The zero-order valence-electron chi connectivity index (χ0n) is 20.9. The molecule has 3 aromatic carbocycles. The molecule has 188 valence electrons. The van der Waals surface area contributed by atoms with E-state index in [1.165, 1.54) is 36.3 Å². The van der Waals surface area contributed by atoms with Crippen LogP contribution < -0.4 is 9.64 Å². The van der Waals surface area contributed by atoms with Crippen LogP contribution in [0.25, 0.3) is 16.8 Å². The van der Waals surface area contributed by atoms with E-state index in [2.05, 4.69) is 9.97 Å². The Hall–Kier alpha value is -4.46. The van der Waals surface area contributed by atoms with Crippen molar-refractivity contribution in [2.75, 3.05) is 12.0 Å². The molecule has 7 nitrogen and oxygen atoms in total. The molecule has 0 spiro atoms. The van der Waals surface area contributed by atoms with Crippen LogP contribution in [0.15, 0.2) is 72.3 Å². The highest BCUT2D eigenvalue weighted by Crippen LogP contribution is 2.43. The average Bonchev–Trinajstić information content (AvgIpc) is 3.41. The van der Waals surface area contributed by atoms with Crippen LogP contribution >= 0.6 is 0 Å². The van der Waals surface area contributed by atoms with Crippen molar-refractivity contribution in [2.45, 2.75) is 32.2 Å². The highest BCUT2D eigenvalue weighted by Gasteiger charge is 2.48. The molecule has 4 aromatic rings. The maximum atomic E-state index is 13.8. The summed E-state index contributed by atoms with van der Waals surface area (Å²) in [6, 6.07) is 17.0. The topological polar surface area (TPSA) is 95.5 Å². The molecule has 8 heteroatoms. The second-order valence-electron chi connectivity index (χ2n) is 9.96. The molecule has 0 bridgehead atoms. The molecule has 1 fully saturated rings. The number of fused-ring (bicyclic) bond motifs is 1. The molecule has 2 N–H and O–H groups in total. The SMILES string of the molecule is COc1ccc(C(C)(C)C)cc1/C(O)=C1\C(=O)C(=O)N(c2nc3ccccc3[nH]2)C1c1ccc(F)cc1. The van der Waals surface area contributed by atoms with Gasteiger partial charge in [0.1, 0.15) is 17.3 Å². The van der Waals surface area contributed by atoms with E-state index < -0.39 is 23.5 Å². The molecule has 0 radical (unpaired) electrons. The molecule has 1 aliphatic rings. The number of methoxy groups -OCH3 is 1. The number of rotatable bonds is 4. The number of carbonyl (C=O) groups is 2. The number of aliphatic hydroxyl groups is 1. The number of hydrogen-bond acceptors (Lipinski definition) is 5. The van der Waals surface area contributed by atoms with Crippen LogP contribution in [0.1, 0.15) is 43.5 Å². The second kappa shape index (κ2) is 8.89. The van der Waals surface area contributed by atoms with Crippen LogP contribution in [0.2, 0.25) is 0 Å². The van der Waals surface area contributed by atoms with E-state index in [9.17, 15) is 19.1 Å². The number of anilines is 1. The van der Waals surface area contributed by atoms with Gasteiger partial charge in [-0.3, -0.25) is 14.5 Å². The molecule has 1 aromatic heterocycles. The van der Waals surface area contributed by atoms with Crippen LogP contribution in [-0.2, 0) is 15.0 Å². The lowest BCUT2D eigenvalue weighted by atomic mass is 9.85. The zero-order chi connectivity index (χ0) is 26.5. The number of aromatic amines is 1. The fourth-order valence-corrected chi connectivity index (χ4v) is 4.57. The van der Waals surface area contributed by atoms with Crippen molar-refractivity contribution in [1.29, 1.82) is 0 Å². The van der Waals surface area contributed by atoms with Gasteiger partial charge >= 0.3 is 5.91 Å². The van der Waals surface area contributed by atoms with Crippen LogP contribution in [-0.4, -0.2) is 33.9 Å². The first-order valence-electron chi connectivity index (χ1n) is 11.8. The van der Waals surface area contributed by atoms with Gasteiger partial charge in [0, 0.05) is 0 Å². The number of aromatic nitrogens is 2. The first kappa shape index (κ1) is 24.2. The van der Waals surface area contributed by atoms with Gasteiger partial charge in [-0.25, -0.2) is 9.37 Å². The van der Waals surface area contributed by atoms with E-state index in [4.69, 9.17) is 4.74 Å². The second-order valence-corrected chi connectivity index (χ2v) is 9.96. The number of halogens is 1. The summed E-state index contributed by atoms with van der Waals surface area (Å²) in [5.74, 6) is -2.10. The number of hydrogen-bond donors (Lipinski definition) is 2. The molecule has 1 atom stereocenters. The molecule has 1 aliphatic heterocycles. The summed E-state index contributed by atoms with van der Waals surface area (Å²) in [6.45, 7) is 6.08. The van der Waals surface area contributed by atoms with Gasteiger partial charge in [0.2, 0.25) is 5.95 Å². The normalized spacial score (nSPS) is 17.5. The van der Waals surface area contributed by atoms with E-state index in [0.29, 0.717) is 22.3 Å². The molecule has 1 saturated heterocycles. The lowest BCUT2D eigenvalue weighted by Crippen LogP contribution is -2.30. The number of Topliss-reactive ketones (excluding diaryl/α,β-unsaturated/α-hetero) is 1. The lowest BCUT2D eigenvalue weighted by molar-refractivity contribution is -0.132. The number of amides is 1. The molecule has 1 amide bonds. The minimum Gasteiger partial charge on any atom is -0.507 e. The third-order valence-electron chi connectivity index (χ3n) is 6.56. The van der Waals surface area contributed by atoms with Crippen LogP contribution in [0.5, 0.6) is 5.75 Å². The van der Waals surface area contributed by atoms with Gasteiger partial charge in [-0.1, -0.05) is 51.1 Å². The van der Waals surface area contributed by atoms with Crippen LogP contribution in [0.4, 0.5) is 10.3 Å². The third kappa shape index (κ3) is 4.14. The number of benzene rings is 3. The molecular weight excluding hydrogens is 473 g/mol. The number of para-hydroxylation sites is 2. The minimum absolute atomic E-state index is 0.138. The first-order chi connectivity index (χ1) is 17.6. The Morgan fingerprint density at radius 1 is 1.05 bits per heavy atom. The van der Waals surface area contributed by atoms with Crippen molar-refractivity contribution in [3.8, 4) is 5.75 Å². The number of nitrogens with zero attached hydrogens (tertiary/aromatic N) is 2. The van der Waals surface area contributed by atoms with Gasteiger partial charge in [0.05, 0.1) is 35.3 Å².